The van der Waals surface area contributed by atoms with Gasteiger partial charge < -0.3 is 14.7 Å². The number of hydrogen-bond acceptors (Lipinski definition) is 4. The molecule has 1 saturated heterocycles. The first-order valence-electron chi connectivity index (χ1n) is 5.51. The van der Waals surface area contributed by atoms with Crippen LogP contribution in [0.4, 0.5) is 19.0 Å². The number of morpholine rings is 1. The molecular weight excluding hydrogens is 249 g/mol. The number of pyridine rings is 1. The zero-order chi connectivity index (χ0) is 13.2. The van der Waals surface area contributed by atoms with Gasteiger partial charge in [-0.15, -0.1) is 0 Å². The molecule has 1 aromatic rings. The second-order valence-corrected chi connectivity index (χ2v) is 4.01. The van der Waals surface area contributed by atoms with Gasteiger partial charge >= 0.3 is 6.18 Å². The topological polar surface area (TPSA) is 45.6 Å². The smallest absolute Gasteiger partial charge is 0.394 e. The van der Waals surface area contributed by atoms with Crippen LogP contribution in [0.3, 0.4) is 0 Å². The quantitative estimate of drug-likeness (QED) is 0.872. The largest absolute Gasteiger partial charge is 0.417 e. The van der Waals surface area contributed by atoms with Gasteiger partial charge in [0.15, 0.2) is 0 Å². The zero-order valence-corrected chi connectivity index (χ0v) is 9.52. The molecule has 0 aliphatic carbocycles. The number of aromatic nitrogens is 1. The Labute approximate surface area is 102 Å². The molecule has 1 fully saturated rings. The van der Waals surface area contributed by atoms with E-state index in [0.29, 0.717) is 25.6 Å². The van der Waals surface area contributed by atoms with E-state index in [1.165, 1.54) is 6.07 Å². The summed E-state index contributed by atoms with van der Waals surface area (Å²) in [6.45, 7) is 1.20. The fourth-order valence-corrected chi connectivity index (χ4v) is 1.83. The van der Waals surface area contributed by atoms with Gasteiger partial charge in [-0.05, 0) is 12.1 Å². The van der Waals surface area contributed by atoms with E-state index in [0.717, 1.165) is 12.3 Å². The lowest BCUT2D eigenvalue weighted by atomic mass is 10.2. The third kappa shape index (κ3) is 2.73. The van der Waals surface area contributed by atoms with Crippen molar-refractivity contribution in [2.24, 2.45) is 0 Å². The van der Waals surface area contributed by atoms with E-state index in [4.69, 9.17) is 4.74 Å². The number of halogens is 3. The Balaban J connectivity index is 2.18. The molecule has 1 atom stereocenters. The first-order chi connectivity index (χ1) is 8.52. The second-order valence-electron chi connectivity index (χ2n) is 4.01. The Morgan fingerprint density at radius 1 is 1.44 bits per heavy atom. The SMILES string of the molecule is OCC1COCCN1c1ccc(C(F)(F)F)cn1. The lowest BCUT2D eigenvalue weighted by Crippen LogP contribution is -2.48. The molecule has 0 saturated carbocycles. The van der Waals surface area contributed by atoms with Crippen molar-refractivity contribution in [2.45, 2.75) is 12.2 Å². The summed E-state index contributed by atoms with van der Waals surface area (Å²) in [7, 11) is 0. The molecule has 4 nitrogen and oxygen atoms in total. The highest BCUT2D eigenvalue weighted by molar-refractivity contribution is 5.41. The van der Waals surface area contributed by atoms with Crippen LogP contribution in [0.2, 0.25) is 0 Å². The lowest BCUT2D eigenvalue weighted by Gasteiger charge is -2.35. The molecule has 2 rings (SSSR count). The molecule has 0 bridgehead atoms. The fourth-order valence-electron chi connectivity index (χ4n) is 1.83. The number of anilines is 1. The Morgan fingerprint density at radius 3 is 2.78 bits per heavy atom. The average Bonchev–Trinajstić information content (AvgIpc) is 2.38. The van der Waals surface area contributed by atoms with Crippen molar-refractivity contribution >= 4 is 5.82 Å². The van der Waals surface area contributed by atoms with Crippen molar-refractivity contribution in [2.75, 3.05) is 31.3 Å². The number of nitrogens with zero attached hydrogens (tertiary/aromatic N) is 2. The molecule has 0 radical (unpaired) electrons. The van der Waals surface area contributed by atoms with Gasteiger partial charge in [0.05, 0.1) is 31.4 Å². The number of aliphatic hydroxyl groups is 1. The minimum Gasteiger partial charge on any atom is -0.394 e. The van der Waals surface area contributed by atoms with E-state index in [1.54, 1.807) is 4.90 Å². The normalized spacial score (nSPS) is 21.1. The van der Waals surface area contributed by atoms with Crippen molar-refractivity contribution < 1.29 is 23.0 Å². The maximum atomic E-state index is 12.4. The van der Waals surface area contributed by atoms with Gasteiger partial charge in [0.2, 0.25) is 0 Å². The molecule has 1 N–H and O–H groups in total. The molecule has 18 heavy (non-hydrogen) atoms. The van der Waals surface area contributed by atoms with Crippen LogP contribution in [0.1, 0.15) is 5.56 Å². The third-order valence-electron chi connectivity index (χ3n) is 2.81. The summed E-state index contributed by atoms with van der Waals surface area (Å²) in [5, 5.41) is 9.18. The minimum atomic E-state index is -4.38. The lowest BCUT2D eigenvalue weighted by molar-refractivity contribution is -0.137. The predicted octanol–water partition coefficient (Wildman–Crippen LogP) is 1.30. The van der Waals surface area contributed by atoms with Crippen LogP contribution in [0, 0.1) is 0 Å². The Bertz CT molecular complexity index is 394. The Morgan fingerprint density at radius 2 is 2.22 bits per heavy atom. The standard InChI is InChI=1S/C11H13F3N2O2/c12-11(13,14)8-1-2-10(15-5-8)16-3-4-18-7-9(16)6-17/h1-2,5,9,17H,3-4,6-7H2. The van der Waals surface area contributed by atoms with Crippen LogP contribution in [-0.2, 0) is 10.9 Å². The van der Waals surface area contributed by atoms with Crippen molar-refractivity contribution in [1.29, 1.82) is 0 Å². The first-order valence-corrected chi connectivity index (χ1v) is 5.51. The maximum absolute atomic E-state index is 12.4. The van der Waals surface area contributed by atoms with E-state index < -0.39 is 11.7 Å². The summed E-state index contributed by atoms with van der Waals surface area (Å²) in [5.74, 6) is 0.422. The van der Waals surface area contributed by atoms with E-state index >= 15 is 0 Å². The summed E-state index contributed by atoms with van der Waals surface area (Å²) in [4.78, 5) is 5.56. The highest BCUT2D eigenvalue weighted by Crippen LogP contribution is 2.29. The van der Waals surface area contributed by atoms with E-state index in [-0.39, 0.29) is 12.6 Å². The van der Waals surface area contributed by atoms with Crippen LogP contribution >= 0.6 is 0 Å². The van der Waals surface area contributed by atoms with Crippen LogP contribution in [0.15, 0.2) is 18.3 Å². The summed E-state index contributed by atoms with van der Waals surface area (Å²) < 4.78 is 42.4. The summed E-state index contributed by atoms with van der Waals surface area (Å²) in [6, 6.07) is 2.05. The third-order valence-corrected chi connectivity index (χ3v) is 2.81. The minimum absolute atomic E-state index is 0.122. The molecule has 0 spiro atoms. The molecule has 2 heterocycles. The zero-order valence-electron chi connectivity index (χ0n) is 9.52. The summed E-state index contributed by atoms with van der Waals surface area (Å²) >= 11 is 0. The Hall–Kier alpha value is -1.34. The molecule has 0 aromatic carbocycles. The van der Waals surface area contributed by atoms with Gasteiger partial charge in [-0.2, -0.15) is 13.2 Å². The molecule has 7 heteroatoms. The maximum Gasteiger partial charge on any atom is 0.417 e. The molecule has 1 aromatic heterocycles. The molecule has 100 valence electrons. The van der Waals surface area contributed by atoms with Crippen molar-refractivity contribution in [3.63, 3.8) is 0 Å². The number of rotatable bonds is 2. The van der Waals surface area contributed by atoms with Crippen LogP contribution < -0.4 is 4.90 Å². The van der Waals surface area contributed by atoms with E-state index in [2.05, 4.69) is 4.98 Å². The van der Waals surface area contributed by atoms with Crippen molar-refractivity contribution in [3.8, 4) is 0 Å². The second kappa shape index (κ2) is 5.11. The molecule has 1 aliphatic heterocycles. The average molecular weight is 262 g/mol. The highest BCUT2D eigenvalue weighted by atomic mass is 19.4. The van der Waals surface area contributed by atoms with Gasteiger partial charge in [-0.25, -0.2) is 4.98 Å². The molecular formula is C11H13F3N2O2. The van der Waals surface area contributed by atoms with Gasteiger partial charge in [-0.3, -0.25) is 0 Å². The van der Waals surface area contributed by atoms with Crippen molar-refractivity contribution in [3.05, 3.63) is 23.9 Å². The van der Waals surface area contributed by atoms with Crippen molar-refractivity contribution in [1.82, 2.24) is 4.98 Å². The number of aliphatic hydroxyl groups excluding tert-OH is 1. The van der Waals surface area contributed by atoms with Gasteiger partial charge in [-0.1, -0.05) is 0 Å². The van der Waals surface area contributed by atoms with E-state index in [1.807, 2.05) is 0 Å². The summed E-state index contributed by atoms with van der Waals surface area (Å²) in [6.07, 6.45) is -3.58. The fraction of sp³-hybridized carbons (Fsp3) is 0.545. The van der Waals surface area contributed by atoms with Gasteiger partial charge in [0.25, 0.3) is 0 Å². The van der Waals surface area contributed by atoms with Gasteiger partial charge in [0, 0.05) is 12.7 Å². The number of alkyl halides is 3. The molecule has 1 unspecified atom stereocenters. The van der Waals surface area contributed by atoms with Crippen LogP contribution in [0.25, 0.3) is 0 Å². The van der Waals surface area contributed by atoms with Crippen LogP contribution in [0.5, 0.6) is 0 Å². The number of hydrogen-bond donors (Lipinski definition) is 1. The highest BCUT2D eigenvalue weighted by Gasteiger charge is 2.31. The first kappa shape index (κ1) is 13.1. The number of ether oxygens (including phenoxy) is 1. The monoisotopic (exact) mass is 262 g/mol. The van der Waals surface area contributed by atoms with Crippen LogP contribution in [-0.4, -0.2) is 42.5 Å². The predicted molar refractivity (Wildman–Crippen MR) is 58.3 cm³/mol. The van der Waals surface area contributed by atoms with E-state index in [9.17, 15) is 18.3 Å². The molecule has 0 amide bonds. The summed E-state index contributed by atoms with van der Waals surface area (Å²) in [5.41, 5.74) is -0.778. The molecule has 1 aliphatic rings. The van der Waals surface area contributed by atoms with Gasteiger partial charge in [0.1, 0.15) is 5.82 Å². The Kier molecular flexibility index (Phi) is 3.72.